The molecule has 0 atom stereocenters. The molecule has 0 fully saturated rings. The van der Waals surface area contributed by atoms with E-state index in [4.69, 9.17) is 9.47 Å². The van der Waals surface area contributed by atoms with Crippen molar-refractivity contribution in [3.05, 3.63) is 0 Å². The molecule has 0 unspecified atom stereocenters. The zero-order chi connectivity index (χ0) is 12.4. The Balaban J connectivity index is 3.25. The zero-order valence-corrected chi connectivity index (χ0v) is 10.4. The van der Waals surface area contributed by atoms with Crippen molar-refractivity contribution in [2.75, 3.05) is 33.5 Å². The van der Waals surface area contributed by atoms with E-state index in [1.54, 1.807) is 7.11 Å². The highest BCUT2D eigenvalue weighted by atomic mass is 16.5. The van der Waals surface area contributed by atoms with Gasteiger partial charge in [0.2, 0.25) is 0 Å². The minimum atomic E-state index is -1.30. The third-order valence-corrected chi connectivity index (χ3v) is 1.99. The Labute approximate surface area is 97.1 Å². The maximum absolute atomic E-state index is 11.2. The summed E-state index contributed by atoms with van der Waals surface area (Å²) in [4.78, 5) is 11.2. The third kappa shape index (κ3) is 8.64. The van der Waals surface area contributed by atoms with Crippen molar-refractivity contribution >= 4 is 5.91 Å². The van der Waals surface area contributed by atoms with Crippen molar-refractivity contribution in [3.63, 3.8) is 0 Å². The molecule has 0 aliphatic rings. The molecule has 0 heterocycles. The van der Waals surface area contributed by atoms with Crippen LogP contribution in [0.4, 0.5) is 0 Å². The lowest BCUT2D eigenvalue weighted by atomic mass is 10.1. The number of nitrogens with one attached hydrogen (secondary N) is 1. The lowest BCUT2D eigenvalue weighted by molar-refractivity contribution is -0.136. The molecule has 5 nitrogen and oxygen atoms in total. The fourth-order valence-electron chi connectivity index (χ4n) is 0.992. The van der Waals surface area contributed by atoms with E-state index in [1.807, 2.05) is 0 Å². The van der Waals surface area contributed by atoms with Crippen LogP contribution < -0.4 is 5.32 Å². The van der Waals surface area contributed by atoms with Crippen LogP contribution in [0.3, 0.4) is 0 Å². The molecule has 0 aromatic carbocycles. The molecule has 0 bridgehead atoms. The number of aliphatic hydroxyl groups is 1. The summed E-state index contributed by atoms with van der Waals surface area (Å²) >= 11 is 0. The Bertz CT molecular complexity index is 189. The monoisotopic (exact) mass is 233 g/mol. The summed E-state index contributed by atoms with van der Waals surface area (Å²) in [7, 11) is 1.63. The van der Waals surface area contributed by atoms with Crippen LogP contribution >= 0.6 is 0 Å². The van der Waals surface area contributed by atoms with Gasteiger partial charge in [-0.15, -0.1) is 0 Å². The van der Waals surface area contributed by atoms with Crippen LogP contribution in [0, 0.1) is 0 Å². The summed E-state index contributed by atoms with van der Waals surface area (Å²) in [6, 6.07) is 0. The van der Waals surface area contributed by atoms with Crippen molar-refractivity contribution in [3.8, 4) is 0 Å². The Kier molecular flexibility index (Phi) is 8.15. The molecule has 16 heavy (non-hydrogen) atoms. The summed E-state index contributed by atoms with van der Waals surface area (Å²) < 4.78 is 10.1. The number of unbranched alkanes of at least 4 members (excludes halogenated alkanes) is 1. The van der Waals surface area contributed by atoms with Gasteiger partial charge in [0.25, 0.3) is 5.91 Å². The maximum Gasteiger partial charge on any atom is 0.251 e. The fourth-order valence-corrected chi connectivity index (χ4v) is 0.992. The Morgan fingerprint density at radius 1 is 1.25 bits per heavy atom. The predicted molar refractivity (Wildman–Crippen MR) is 61.2 cm³/mol. The topological polar surface area (TPSA) is 67.8 Å². The van der Waals surface area contributed by atoms with Crippen molar-refractivity contribution in [1.82, 2.24) is 5.32 Å². The molecule has 0 saturated heterocycles. The van der Waals surface area contributed by atoms with Crippen LogP contribution in [0.1, 0.15) is 26.7 Å². The molecular formula is C11H23NO4. The van der Waals surface area contributed by atoms with E-state index in [9.17, 15) is 9.90 Å². The number of rotatable bonds is 9. The molecule has 0 aromatic rings. The van der Waals surface area contributed by atoms with Crippen molar-refractivity contribution in [1.29, 1.82) is 0 Å². The molecule has 0 spiro atoms. The van der Waals surface area contributed by atoms with Gasteiger partial charge in [0.15, 0.2) is 0 Å². The number of methoxy groups -OCH3 is 1. The van der Waals surface area contributed by atoms with Crippen LogP contribution in [0.2, 0.25) is 0 Å². The van der Waals surface area contributed by atoms with E-state index >= 15 is 0 Å². The summed E-state index contributed by atoms with van der Waals surface area (Å²) in [5.74, 6) is -0.340. The third-order valence-electron chi connectivity index (χ3n) is 1.99. The van der Waals surface area contributed by atoms with Crippen LogP contribution in [-0.2, 0) is 14.3 Å². The van der Waals surface area contributed by atoms with E-state index in [-0.39, 0.29) is 5.91 Å². The Morgan fingerprint density at radius 3 is 2.50 bits per heavy atom. The quantitative estimate of drug-likeness (QED) is 0.563. The van der Waals surface area contributed by atoms with E-state index in [2.05, 4.69) is 5.32 Å². The Morgan fingerprint density at radius 2 is 1.94 bits per heavy atom. The number of amides is 1. The molecular weight excluding hydrogens is 210 g/mol. The van der Waals surface area contributed by atoms with Gasteiger partial charge in [0.1, 0.15) is 5.60 Å². The number of carbonyl (C=O) groups excluding carboxylic acids is 1. The molecule has 0 saturated carbocycles. The second-order valence-electron chi connectivity index (χ2n) is 4.13. The summed E-state index contributed by atoms with van der Waals surface area (Å²) in [6.07, 6.45) is 1.73. The minimum absolute atomic E-state index is 0.340. The zero-order valence-electron chi connectivity index (χ0n) is 10.4. The Hall–Kier alpha value is -0.650. The number of carbonyl (C=O) groups is 1. The van der Waals surface area contributed by atoms with Gasteiger partial charge < -0.3 is 19.9 Å². The van der Waals surface area contributed by atoms with Gasteiger partial charge in [-0.05, 0) is 26.7 Å². The van der Waals surface area contributed by atoms with Gasteiger partial charge in [-0.25, -0.2) is 0 Å². The first kappa shape index (κ1) is 15.3. The van der Waals surface area contributed by atoms with E-state index in [0.717, 1.165) is 12.8 Å². The standard InChI is InChI=1S/C11H23NO4/c1-11(2,14)10(13)12-6-4-5-7-16-9-8-15-3/h14H,4-9H2,1-3H3,(H,12,13). The van der Waals surface area contributed by atoms with Crippen molar-refractivity contribution < 1.29 is 19.4 Å². The molecule has 0 aromatic heterocycles. The molecule has 96 valence electrons. The molecule has 2 N–H and O–H groups in total. The molecule has 0 aliphatic carbocycles. The first-order chi connectivity index (χ1) is 7.48. The SMILES string of the molecule is COCCOCCCCNC(=O)C(C)(C)O. The van der Waals surface area contributed by atoms with E-state index in [1.165, 1.54) is 13.8 Å². The van der Waals surface area contributed by atoms with Gasteiger partial charge >= 0.3 is 0 Å². The number of hydrogen-bond acceptors (Lipinski definition) is 4. The average Bonchev–Trinajstić information content (AvgIpc) is 2.20. The summed E-state index contributed by atoms with van der Waals surface area (Å²) in [6.45, 7) is 5.38. The van der Waals surface area contributed by atoms with Gasteiger partial charge in [0, 0.05) is 20.3 Å². The lowest BCUT2D eigenvalue weighted by Crippen LogP contribution is -2.42. The normalized spacial score (nSPS) is 11.5. The van der Waals surface area contributed by atoms with Crippen LogP contribution in [0.25, 0.3) is 0 Å². The van der Waals surface area contributed by atoms with Crippen LogP contribution in [0.5, 0.6) is 0 Å². The van der Waals surface area contributed by atoms with Gasteiger partial charge in [-0.2, -0.15) is 0 Å². The summed E-state index contributed by atoms with van der Waals surface area (Å²) in [5.41, 5.74) is -1.30. The lowest BCUT2D eigenvalue weighted by Gasteiger charge is -2.16. The van der Waals surface area contributed by atoms with E-state index in [0.29, 0.717) is 26.4 Å². The summed E-state index contributed by atoms with van der Waals surface area (Å²) in [5, 5.41) is 12.0. The van der Waals surface area contributed by atoms with Gasteiger partial charge in [-0.3, -0.25) is 4.79 Å². The molecule has 0 radical (unpaired) electrons. The van der Waals surface area contributed by atoms with Crippen LogP contribution in [-0.4, -0.2) is 50.1 Å². The molecule has 5 heteroatoms. The first-order valence-electron chi connectivity index (χ1n) is 5.56. The highest BCUT2D eigenvalue weighted by molar-refractivity contribution is 5.83. The van der Waals surface area contributed by atoms with E-state index < -0.39 is 5.60 Å². The highest BCUT2D eigenvalue weighted by Crippen LogP contribution is 2.00. The second kappa shape index (κ2) is 8.50. The number of ether oxygens (including phenoxy) is 2. The highest BCUT2D eigenvalue weighted by Gasteiger charge is 2.22. The predicted octanol–water partition coefficient (Wildman–Crippen LogP) is 0.317. The van der Waals surface area contributed by atoms with Gasteiger partial charge in [0.05, 0.1) is 13.2 Å². The molecule has 0 aliphatic heterocycles. The van der Waals surface area contributed by atoms with Crippen molar-refractivity contribution in [2.24, 2.45) is 0 Å². The first-order valence-corrected chi connectivity index (χ1v) is 5.56. The second-order valence-corrected chi connectivity index (χ2v) is 4.13. The molecule has 1 amide bonds. The maximum atomic E-state index is 11.2. The minimum Gasteiger partial charge on any atom is -0.382 e. The fraction of sp³-hybridized carbons (Fsp3) is 0.909. The molecule has 0 rings (SSSR count). The largest absolute Gasteiger partial charge is 0.382 e. The average molecular weight is 233 g/mol. The number of hydrogen-bond donors (Lipinski definition) is 2. The van der Waals surface area contributed by atoms with Crippen molar-refractivity contribution in [2.45, 2.75) is 32.3 Å². The smallest absolute Gasteiger partial charge is 0.251 e. The van der Waals surface area contributed by atoms with Gasteiger partial charge in [-0.1, -0.05) is 0 Å². The van der Waals surface area contributed by atoms with Crippen LogP contribution in [0.15, 0.2) is 0 Å².